The molecule has 0 aromatic carbocycles. The maximum atomic E-state index is 12.7. The van der Waals surface area contributed by atoms with Gasteiger partial charge < -0.3 is 10.6 Å². The summed E-state index contributed by atoms with van der Waals surface area (Å²) in [5.74, 6) is -0.898. The summed E-state index contributed by atoms with van der Waals surface area (Å²) in [4.78, 5) is 18.8. The molecular weight excluding hydrogens is 309 g/mol. The number of hydrogen-bond donors (Lipinski definition) is 2. The number of rotatable bonds is 2. The van der Waals surface area contributed by atoms with E-state index in [2.05, 4.69) is 20.6 Å². The number of hydrogen-bond acceptors (Lipinski definition) is 4. The topological polar surface area (TPSA) is 66.9 Å². The number of piperidine rings is 1. The first-order valence-corrected chi connectivity index (χ1v) is 6.86. The maximum absolute atomic E-state index is 12.7. The van der Waals surface area contributed by atoms with Crippen LogP contribution in [0.2, 0.25) is 5.02 Å². The molecule has 1 aromatic rings. The van der Waals surface area contributed by atoms with Crippen molar-refractivity contribution in [3.8, 4) is 0 Å². The number of carbonyl (C=O) groups excluding carboxylic acids is 1. The van der Waals surface area contributed by atoms with Gasteiger partial charge in [0.05, 0.1) is 11.2 Å². The number of aromatic nitrogens is 2. The molecule has 0 radical (unpaired) electrons. The Morgan fingerprint density at radius 3 is 2.76 bits per heavy atom. The van der Waals surface area contributed by atoms with Gasteiger partial charge in [-0.1, -0.05) is 11.6 Å². The molecule has 0 spiro atoms. The molecule has 21 heavy (non-hydrogen) atoms. The van der Waals surface area contributed by atoms with Crippen LogP contribution in [0.25, 0.3) is 0 Å². The van der Waals surface area contributed by atoms with Crippen LogP contribution < -0.4 is 10.6 Å². The Morgan fingerprint density at radius 1 is 1.43 bits per heavy atom. The van der Waals surface area contributed by atoms with Crippen molar-refractivity contribution in [2.24, 2.45) is 5.92 Å². The number of nitrogens with zero attached hydrogens (tertiary/aromatic N) is 2. The Hall–Kier alpha value is -1.41. The third-order valence-electron chi connectivity index (χ3n) is 3.90. The molecule has 3 atom stereocenters. The van der Waals surface area contributed by atoms with Gasteiger partial charge in [0, 0.05) is 18.6 Å². The predicted molar refractivity (Wildman–Crippen MR) is 67.8 cm³/mol. The summed E-state index contributed by atoms with van der Waals surface area (Å²) in [6.45, 7) is 0.810. The first-order valence-electron chi connectivity index (χ1n) is 6.48. The molecule has 9 heteroatoms. The van der Waals surface area contributed by atoms with Crippen LogP contribution >= 0.6 is 11.6 Å². The number of alkyl halides is 3. The molecule has 2 fully saturated rings. The molecule has 1 amide bonds. The minimum atomic E-state index is -4.72. The molecule has 2 aliphatic rings. The second-order valence-electron chi connectivity index (χ2n) is 5.30. The number of halogens is 4. The Morgan fingerprint density at radius 2 is 2.19 bits per heavy atom. The summed E-state index contributed by atoms with van der Waals surface area (Å²) >= 11 is 5.42. The van der Waals surface area contributed by atoms with E-state index in [1.54, 1.807) is 0 Å². The van der Waals surface area contributed by atoms with Crippen molar-refractivity contribution in [3.05, 3.63) is 22.7 Å². The first kappa shape index (κ1) is 14.5. The van der Waals surface area contributed by atoms with Crippen molar-refractivity contribution < 1.29 is 18.0 Å². The summed E-state index contributed by atoms with van der Waals surface area (Å²) in [5.41, 5.74) is -1.29. The van der Waals surface area contributed by atoms with E-state index in [1.807, 2.05) is 0 Å². The molecule has 2 bridgehead atoms. The van der Waals surface area contributed by atoms with Gasteiger partial charge in [0.15, 0.2) is 5.69 Å². The van der Waals surface area contributed by atoms with Crippen LogP contribution in [-0.4, -0.2) is 34.5 Å². The van der Waals surface area contributed by atoms with Gasteiger partial charge in [-0.05, 0) is 18.8 Å². The maximum Gasteiger partial charge on any atom is 0.434 e. The summed E-state index contributed by atoms with van der Waals surface area (Å²) < 4.78 is 38.1. The lowest BCUT2D eigenvalue weighted by atomic mass is 10.0. The summed E-state index contributed by atoms with van der Waals surface area (Å²) in [7, 11) is 0. The van der Waals surface area contributed by atoms with Gasteiger partial charge in [-0.2, -0.15) is 13.2 Å². The van der Waals surface area contributed by atoms with E-state index >= 15 is 0 Å². The minimum absolute atomic E-state index is 0.0441. The molecule has 2 heterocycles. The quantitative estimate of drug-likeness (QED) is 0.869. The standard InChI is InChI=1S/C12H12ClF3N4O/c13-7-4-18-10(20-9(7)12(14,15)16)11(21)19-8-2-6-1-5(8)3-17-6/h4-6,8,17H,1-3H2,(H,19,21). The lowest BCUT2D eigenvalue weighted by molar-refractivity contribution is -0.141. The van der Waals surface area contributed by atoms with Gasteiger partial charge in [-0.3, -0.25) is 4.79 Å². The fourth-order valence-electron chi connectivity index (χ4n) is 2.92. The molecule has 5 nitrogen and oxygen atoms in total. The normalized spacial score (nSPS) is 27.9. The van der Waals surface area contributed by atoms with Gasteiger partial charge in [0.2, 0.25) is 5.82 Å². The van der Waals surface area contributed by atoms with E-state index in [1.165, 1.54) is 0 Å². The SMILES string of the molecule is O=C(NC1CC2CC1CN2)c1ncc(Cl)c(C(F)(F)F)n1. The minimum Gasteiger partial charge on any atom is -0.346 e. The second-order valence-corrected chi connectivity index (χ2v) is 5.71. The van der Waals surface area contributed by atoms with Crippen molar-refractivity contribution in [2.75, 3.05) is 6.54 Å². The molecule has 1 aromatic heterocycles. The van der Waals surface area contributed by atoms with Crippen LogP contribution in [0.15, 0.2) is 6.20 Å². The summed E-state index contributed by atoms with van der Waals surface area (Å²) in [5, 5.41) is 5.38. The molecule has 1 saturated carbocycles. The van der Waals surface area contributed by atoms with E-state index in [0.29, 0.717) is 12.0 Å². The van der Waals surface area contributed by atoms with Crippen molar-refractivity contribution in [1.82, 2.24) is 20.6 Å². The highest BCUT2D eigenvalue weighted by Crippen LogP contribution is 2.33. The van der Waals surface area contributed by atoms with Crippen molar-refractivity contribution in [2.45, 2.75) is 31.1 Å². The lowest BCUT2D eigenvalue weighted by Crippen LogP contribution is -2.44. The largest absolute Gasteiger partial charge is 0.434 e. The Kier molecular flexibility index (Phi) is 3.53. The number of nitrogens with one attached hydrogen (secondary N) is 2. The Labute approximate surface area is 123 Å². The van der Waals surface area contributed by atoms with Crippen LogP contribution in [0.1, 0.15) is 29.2 Å². The predicted octanol–water partition coefficient (Wildman–Crippen LogP) is 1.63. The highest BCUT2D eigenvalue weighted by molar-refractivity contribution is 6.31. The average molecular weight is 321 g/mol. The molecular formula is C12H12ClF3N4O. The average Bonchev–Trinajstić information content (AvgIpc) is 3.00. The third-order valence-corrected chi connectivity index (χ3v) is 4.17. The van der Waals surface area contributed by atoms with Crippen LogP contribution in [-0.2, 0) is 6.18 Å². The van der Waals surface area contributed by atoms with Crippen molar-refractivity contribution in [1.29, 1.82) is 0 Å². The third kappa shape index (κ3) is 2.82. The van der Waals surface area contributed by atoms with Crippen LogP contribution in [0, 0.1) is 5.92 Å². The smallest absolute Gasteiger partial charge is 0.346 e. The molecule has 2 N–H and O–H groups in total. The number of fused-ring (bicyclic) bond motifs is 2. The number of amides is 1. The zero-order chi connectivity index (χ0) is 15.2. The van der Waals surface area contributed by atoms with E-state index in [9.17, 15) is 18.0 Å². The fraction of sp³-hybridized carbons (Fsp3) is 0.583. The second kappa shape index (κ2) is 5.10. The Bertz CT molecular complexity index is 580. The van der Waals surface area contributed by atoms with Crippen molar-refractivity contribution in [3.63, 3.8) is 0 Å². The van der Waals surface area contributed by atoms with E-state index in [4.69, 9.17) is 11.6 Å². The van der Waals surface area contributed by atoms with Gasteiger partial charge in [0.25, 0.3) is 5.91 Å². The van der Waals surface area contributed by atoms with E-state index < -0.39 is 28.6 Å². The van der Waals surface area contributed by atoms with Crippen molar-refractivity contribution >= 4 is 17.5 Å². The molecule has 3 rings (SSSR count). The van der Waals surface area contributed by atoms with E-state index in [-0.39, 0.29) is 6.04 Å². The lowest BCUT2D eigenvalue weighted by Gasteiger charge is -2.23. The molecule has 1 aliphatic heterocycles. The Balaban J connectivity index is 1.76. The van der Waals surface area contributed by atoms with Crippen LogP contribution in [0.3, 0.4) is 0 Å². The molecule has 1 aliphatic carbocycles. The van der Waals surface area contributed by atoms with Gasteiger partial charge >= 0.3 is 6.18 Å². The van der Waals surface area contributed by atoms with E-state index in [0.717, 1.165) is 25.6 Å². The highest BCUT2D eigenvalue weighted by Gasteiger charge is 2.41. The first-order chi connectivity index (χ1) is 9.84. The zero-order valence-corrected chi connectivity index (χ0v) is 11.5. The summed E-state index contributed by atoms with van der Waals surface area (Å²) in [6, 6.07) is 0.328. The van der Waals surface area contributed by atoms with Crippen LogP contribution in [0.5, 0.6) is 0 Å². The van der Waals surface area contributed by atoms with Crippen LogP contribution in [0.4, 0.5) is 13.2 Å². The fourth-order valence-corrected chi connectivity index (χ4v) is 3.12. The molecule has 3 unspecified atom stereocenters. The molecule has 114 valence electrons. The zero-order valence-electron chi connectivity index (χ0n) is 10.7. The molecule has 1 saturated heterocycles. The van der Waals surface area contributed by atoms with Gasteiger partial charge in [-0.25, -0.2) is 9.97 Å². The number of carbonyl (C=O) groups is 1. The monoisotopic (exact) mass is 320 g/mol. The van der Waals surface area contributed by atoms with Gasteiger partial charge in [0.1, 0.15) is 0 Å². The highest BCUT2D eigenvalue weighted by atomic mass is 35.5. The van der Waals surface area contributed by atoms with Gasteiger partial charge in [-0.15, -0.1) is 0 Å². The summed E-state index contributed by atoms with van der Waals surface area (Å²) in [6.07, 6.45) is -2.17.